The maximum absolute atomic E-state index is 14.1. The minimum atomic E-state index is -0.837. The quantitative estimate of drug-likeness (QED) is 0.423. The zero-order chi connectivity index (χ0) is 24.4. The van der Waals surface area contributed by atoms with Crippen LogP contribution in [0.2, 0.25) is 10.0 Å². The summed E-state index contributed by atoms with van der Waals surface area (Å²) in [6.45, 7) is 0.208. The van der Waals surface area contributed by atoms with E-state index in [4.69, 9.17) is 34.8 Å². The third kappa shape index (κ3) is 4.77. The van der Waals surface area contributed by atoms with E-state index < -0.39 is 17.6 Å². The third-order valence-electron chi connectivity index (χ3n) is 4.99. The van der Waals surface area contributed by atoms with Crippen LogP contribution >= 0.6 is 34.8 Å². The lowest BCUT2D eigenvalue weighted by Gasteiger charge is -2.15. The van der Waals surface area contributed by atoms with Crippen LogP contribution < -0.4 is 15.5 Å². The van der Waals surface area contributed by atoms with Crippen molar-refractivity contribution in [1.29, 1.82) is 0 Å². The van der Waals surface area contributed by atoms with Gasteiger partial charge in [0.25, 0.3) is 17.7 Å². The van der Waals surface area contributed by atoms with Crippen LogP contribution in [-0.2, 0) is 16.1 Å². The van der Waals surface area contributed by atoms with Crippen LogP contribution in [0.15, 0.2) is 77.5 Å². The van der Waals surface area contributed by atoms with Gasteiger partial charge in [-0.05, 0) is 54.1 Å². The van der Waals surface area contributed by atoms with Crippen molar-refractivity contribution in [3.8, 4) is 0 Å². The second kappa shape index (κ2) is 9.85. The van der Waals surface area contributed by atoms with Crippen molar-refractivity contribution in [2.45, 2.75) is 6.54 Å². The molecule has 3 amide bonds. The van der Waals surface area contributed by atoms with E-state index in [1.54, 1.807) is 30.3 Å². The van der Waals surface area contributed by atoms with Crippen molar-refractivity contribution in [3.63, 3.8) is 0 Å². The fourth-order valence-corrected chi connectivity index (χ4v) is 3.94. The first kappa shape index (κ1) is 23.8. The van der Waals surface area contributed by atoms with Gasteiger partial charge in [-0.2, -0.15) is 0 Å². The van der Waals surface area contributed by atoms with Crippen molar-refractivity contribution in [1.82, 2.24) is 5.32 Å². The molecule has 0 aromatic heterocycles. The number of carbonyl (C=O) groups excluding carboxylic acids is 3. The summed E-state index contributed by atoms with van der Waals surface area (Å²) in [6.07, 6.45) is 0. The highest BCUT2D eigenvalue weighted by atomic mass is 35.5. The Morgan fingerprint density at radius 1 is 0.912 bits per heavy atom. The molecule has 172 valence electrons. The highest BCUT2D eigenvalue weighted by molar-refractivity contribution is 6.53. The summed E-state index contributed by atoms with van der Waals surface area (Å²) in [5, 5.41) is 6.11. The molecule has 0 fully saturated rings. The summed E-state index contributed by atoms with van der Waals surface area (Å²) in [6, 6.07) is 16.5. The topological polar surface area (TPSA) is 78.5 Å². The highest BCUT2D eigenvalue weighted by Gasteiger charge is 2.40. The van der Waals surface area contributed by atoms with Crippen molar-refractivity contribution in [2.24, 2.45) is 0 Å². The number of anilines is 2. The van der Waals surface area contributed by atoms with E-state index in [-0.39, 0.29) is 28.9 Å². The van der Waals surface area contributed by atoms with Gasteiger partial charge in [0.05, 0.1) is 5.69 Å². The number of carbonyl (C=O) groups is 3. The predicted octanol–water partition coefficient (Wildman–Crippen LogP) is 5.50. The van der Waals surface area contributed by atoms with E-state index in [0.717, 1.165) is 6.07 Å². The van der Waals surface area contributed by atoms with Gasteiger partial charge in [-0.3, -0.25) is 14.4 Å². The third-order valence-corrected chi connectivity index (χ3v) is 5.93. The van der Waals surface area contributed by atoms with Crippen LogP contribution in [0.5, 0.6) is 0 Å². The number of imide groups is 1. The summed E-state index contributed by atoms with van der Waals surface area (Å²) in [7, 11) is 0. The molecular formula is C24H15Cl3FN3O3. The number of hydrogen-bond acceptors (Lipinski definition) is 4. The van der Waals surface area contributed by atoms with Gasteiger partial charge in [-0.25, -0.2) is 9.29 Å². The molecule has 10 heteroatoms. The van der Waals surface area contributed by atoms with Crippen LogP contribution in [0.4, 0.5) is 15.8 Å². The van der Waals surface area contributed by atoms with E-state index in [0.29, 0.717) is 31.8 Å². The van der Waals surface area contributed by atoms with E-state index in [1.807, 2.05) is 0 Å². The number of nitrogens with one attached hydrogen (secondary N) is 2. The average molecular weight is 519 g/mol. The van der Waals surface area contributed by atoms with E-state index in [1.165, 1.54) is 30.3 Å². The monoisotopic (exact) mass is 517 g/mol. The van der Waals surface area contributed by atoms with Crippen LogP contribution in [0.3, 0.4) is 0 Å². The molecule has 0 radical (unpaired) electrons. The first-order chi connectivity index (χ1) is 16.3. The molecular weight excluding hydrogens is 504 g/mol. The zero-order valence-electron chi connectivity index (χ0n) is 17.2. The Bertz CT molecular complexity index is 1340. The van der Waals surface area contributed by atoms with E-state index in [2.05, 4.69) is 10.6 Å². The van der Waals surface area contributed by atoms with Crippen molar-refractivity contribution in [3.05, 3.63) is 104 Å². The van der Waals surface area contributed by atoms with Crippen LogP contribution in [0, 0.1) is 5.82 Å². The molecule has 0 saturated heterocycles. The second-order valence-electron chi connectivity index (χ2n) is 7.21. The maximum Gasteiger partial charge on any atom is 0.283 e. The number of rotatable bonds is 6. The first-order valence-corrected chi connectivity index (χ1v) is 11.0. The molecule has 0 aliphatic carbocycles. The minimum absolute atomic E-state index is 0.190. The molecule has 6 nitrogen and oxygen atoms in total. The minimum Gasteiger partial charge on any atom is -0.350 e. The lowest BCUT2D eigenvalue weighted by molar-refractivity contribution is -0.120. The zero-order valence-corrected chi connectivity index (χ0v) is 19.5. The Balaban J connectivity index is 1.44. The summed E-state index contributed by atoms with van der Waals surface area (Å²) in [4.78, 5) is 38.4. The van der Waals surface area contributed by atoms with Gasteiger partial charge < -0.3 is 10.6 Å². The summed E-state index contributed by atoms with van der Waals surface area (Å²) in [5.74, 6) is -2.70. The fourth-order valence-electron chi connectivity index (χ4n) is 3.26. The van der Waals surface area contributed by atoms with Crippen LogP contribution in [0.25, 0.3) is 0 Å². The van der Waals surface area contributed by atoms with Gasteiger partial charge in [-0.15, -0.1) is 0 Å². The molecule has 0 unspecified atom stereocenters. The van der Waals surface area contributed by atoms with E-state index >= 15 is 0 Å². The highest BCUT2D eigenvalue weighted by Crippen LogP contribution is 2.31. The maximum atomic E-state index is 14.1. The SMILES string of the molecule is O=C(NCc1ccc(Cl)cc1Cl)c1ccc(NC2=C(Cl)C(=O)N(c3ccccc3F)C2=O)cc1. The largest absolute Gasteiger partial charge is 0.350 e. The molecule has 0 atom stereocenters. The molecule has 0 saturated carbocycles. The standard InChI is InChI=1S/C24H15Cl3FN3O3/c25-15-8-5-14(17(26)11-15)12-29-22(32)13-6-9-16(10-7-13)30-21-20(27)23(33)31(24(21)34)19-4-2-1-3-18(19)28/h1-11,30H,12H2,(H,29,32). The number of benzene rings is 3. The molecule has 34 heavy (non-hydrogen) atoms. The Kier molecular flexibility index (Phi) is 6.88. The number of nitrogens with zero attached hydrogens (tertiary/aromatic N) is 1. The van der Waals surface area contributed by atoms with Gasteiger partial charge >= 0.3 is 0 Å². The van der Waals surface area contributed by atoms with Gasteiger partial charge in [0.2, 0.25) is 0 Å². The molecule has 3 aromatic rings. The molecule has 0 bridgehead atoms. The van der Waals surface area contributed by atoms with Crippen LogP contribution in [-0.4, -0.2) is 17.7 Å². The number of hydrogen-bond donors (Lipinski definition) is 2. The molecule has 0 spiro atoms. The molecule has 3 aromatic carbocycles. The predicted molar refractivity (Wildman–Crippen MR) is 129 cm³/mol. The van der Waals surface area contributed by atoms with Gasteiger partial charge in [0.1, 0.15) is 16.5 Å². The smallest absolute Gasteiger partial charge is 0.283 e. The van der Waals surface area contributed by atoms with Crippen molar-refractivity contribution < 1.29 is 18.8 Å². The summed E-state index contributed by atoms with van der Waals surface area (Å²) < 4.78 is 14.1. The lowest BCUT2D eigenvalue weighted by atomic mass is 10.1. The van der Waals surface area contributed by atoms with Gasteiger partial charge in [-0.1, -0.05) is 53.0 Å². The number of para-hydroxylation sites is 1. The average Bonchev–Trinajstić information content (AvgIpc) is 3.02. The van der Waals surface area contributed by atoms with Crippen molar-refractivity contribution >= 4 is 63.9 Å². The summed E-state index contributed by atoms with van der Waals surface area (Å²) >= 11 is 18.1. The molecule has 1 aliphatic heterocycles. The van der Waals surface area contributed by atoms with Gasteiger partial charge in [0.15, 0.2) is 0 Å². The summed E-state index contributed by atoms with van der Waals surface area (Å²) in [5.41, 5.74) is 1.09. The van der Waals surface area contributed by atoms with Gasteiger partial charge in [0, 0.05) is 27.8 Å². The number of halogens is 4. The fraction of sp³-hybridized carbons (Fsp3) is 0.0417. The lowest BCUT2D eigenvalue weighted by Crippen LogP contribution is -2.33. The van der Waals surface area contributed by atoms with Crippen molar-refractivity contribution in [2.75, 3.05) is 10.2 Å². The molecule has 1 heterocycles. The second-order valence-corrected chi connectivity index (χ2v) is 8.43. The normalized spacial score (nSPS) is 13.5. The van der Waals surface area contributed by atoms with Crippen LogP contribution in [0.1, 0.15) is 15.9 Å². The molecule has 2 N–H and O–H groups in total. The molecule has 1 aliphatic rings. The Morgan fingerprint density at radius 3 is 2.29 bits per heavy atom. The Morgan fingerprint density at radius 2 is 1.62 bits per heavy atom. The molecule has 4 rings (SSSR count). The number of amides is 3. The van der Waals surface area contributed by atoms with E-state index in [9.17, 15) is 18.8 Å². The Labute approximate surface area is 208 Å². The first-order valence-electron chi connectivity index (χ1n) is 9.88. The Hall–Kier alpha value is -3.39.